The lowest BCUT2D eigenvalue weighted by molar-refractivity contribution is -0.115. The predicted octanol–water partition coefficient (Wildman–Crippen LogP) is 1.44. The van der Waals surface area contributed by atoms with E-state index in [9.17, 15) is 9.59 Å². The van der Waals surface area contributed by atoms with Gasteiger partial charge < -0.3 is 16.4 Å². The minimum Gasteiger partial charge on any atom is -0.351 e. The molecule has 0 spiro atoms. The first-order valence-corrected chi connectivity index (χ1v) is 5.32. The van der Waals surface area contributed by atoms with Crippen LogP contribution in [0.5, 0.6) is 0 Å². The summed E-state index contributed by atoms with van der Waals surface area (Å²) < 4.78 is 0. The van der Waals surface area contributed by atoms with Crippen molar-refractivity contribution in [3.63, 3.8) is 0 Å². The van der Waals surface area contributed by atoms with Crippen molar-refractivity contribution in [2.24, 2.45) is 5.73 Å². The molecule has 16 heavy (non-hydrogen) atoms. The van der Waals surface area contributed by atoms with Gasteiger partial charge >= 0.3 is 6.03 Å². The van der Waals surface area contributed by atoms with Crippen LogP contribution >= 0.6 is 12.6 Å². The minimum atomic E-state index is -0.640. The Balaban J connectivity index is 2.67. The highest BCUT2D eigenvalue weighted by molar-refractivity contribution is 7.80. The van der Waals surface area contributed by atoms with Crippen molar-refractivity contribution in [3.8, 4) is 0 Å². The van der Waals surface area contributed by atoms with E-state index in [4.69, 9.17) is 5.73 Å². The molecule has 0 aromatic heterocycles. The molecule has 0 fully saturated rings. The van der Waals surface area contributed by atoms with Crippen LogP contribution in [0.25, 0.3) is 0 Å². The van der Waals surface area contributed by atoms with E-state index >= 15 is 0 Å². The predicted molar refractivity (Wildman–Crippen MR) is 66.7 cm³/mol. The Morgan fingerprint density at radius 1 is 1.25 bits per heavy atom. The highest BCUT2D eigenvalue weighted by Crippen LogP contribution is 2.14. The monoisotopic (exact) mass is 239 g/mol. The van der Waals surface area contributed by atoms with Gasteiger partial charge in [0.15, 0.2) is 0 Å². The molecule has 6 heteroatoms. The Kier molecular flexibility index (Phi) is 4.65. The molecule has 0 heterocycles. The van der Waals surface area contributed by atoms with Crippen molar-refractivity contribution < 1.29 is 9.59 Å². The first kappa shape index (κ1) is 12.4. The summed E-state index contributed by atoms with van der Waals surface area (Å²) in [7, 11) is 0. The van der Waals surface area contributed by atoms with Crippen LogP contribution in [0.4, 0.5) is 16.2 Å². The van der Waals surface area contributed by atoms with Gasteiger partial charge in [0, 0.05) is 17.8 Å². The molecule has 0 unspecified atom stereocenters. The maximum Gasteiger partial charge on any atom is 0.316 e. The first-order chi connectivity index (χ1) is 7.61. The fourth-order valence-corrected chi connectivity index (χ4v) is 1.35. The van der Waals surface area contributed by atoms with Crippen molar-refractivity contribution >= 4 is 35.9 Å². The van der Waals surface area contributed by atoms with Gasteiger partial charge in [-0.2, -0.15) is 12.6 Å². The second-order valence-corrected chi connectivity index (χ2v) is 3.54. The standard InChI is InChI=1S/C10H13N3O2S/c11-10(15)13-8-3-1-2-7(6-8)12-9(14)4-5-16/h1-3,6,16H,4-5H2,(H,12,14)(H3,11,13,15). The molecule has 3 amide bonds. The van der Waals surface area contributed by atoms with Crippen molar-refractivity contribution in [3.05, 3.63) is 24.3 Å². The molecule has 0 saturated heterocycles. The molecular weight excluding hydrogens is 226 g/mol. The Labute approximate surface area is 98.8 Å². The zero-order valence-electron chi connectivity index (χ0n) is 8.56. The topological polar surface area (TPSA) is 84.2 Å². The largest absolute Gasteiger partial charge is 0.351 e. The lowest BCUT2D eigenvalue weighted by atomic mass is 10.2. The van der Waals surface area contributed by atoms with Crippen LogP contribution in [0.1, 0.15) is 6.42 Å². The fourth-order valence-electron chi connectivity index (χ4n) is 1.14. The summed E-state index contributed by atoms with van der Waals surface area (Å²) in [5.74, 6) is 0.372. The van der Waals surface area contributed by atoms with Crippen molar-refractivity contribution in [2.75, 3.05) is 16.4 Å². The van der Waals surface area contributed by atoms with E-state index in [-0.39, 0.29) is 5.91 Å². The number of rotatable bonds is 4. The smallest absolute Gasteiger partial charge is 0.316 e. The van der Waals surface area contributed by atoms with Crippen molar-refractivity contribution in [1.29, 1.82) is 0 Å². The van der Waals surface area contributed by atoms with Gasteiger partial charge in [-0.25, -0.2) is 4.79 Å². The molecule has 0 atom stereocenters. The minimum absolute atomic E-state index is 0.119. The molecule has 0 aliphatic rings. The number of hydrogen-bond acceptors (Lipinski definition) is 3. The maximum atomic E-state index is 11.3. The Morgan fingerprint density at radius 3 is 2.44 bits per heavy atom. The molecule has 1 aromatic carbocycles. The number of anilines is 2. The number of carbonyl (C=O) groups is 2. The van der Waals surface area contributed by atoms with Crippen LogP contribution in [-0.4, -0.2) is 17.7 Å². The summed E-state index contributed by atoms with van der Waals surface area (Å²) in [6.07, 6.45) is 0.344. The second-order valence-electron chi connectivity index (χ2n) is 3.09. The number of nitrogens with two attached hydrogens (primary N) is 1. The summed E-state index contributed by atoms with van der Waals surface area (Å²) in [6, 6.07) is 6.10. The molecule has 5 nitrogen and oxygen atoms in total. The van der Waals surface area contributed by atoms with Gasteiger partial charge in [0.25, 0.3) is 0 Å². The quantitative estimate of drug-likeness (QED) is 0.599. The van der Waals surface area contributed by atoms with E-state index in [1.807, 2.05) is 0 Å². The first-order valence-electron chi connectivity index (χ1n) is 4.69. The number of primary amides is 1. The average Bonchev–Trinajstić information content (AvgIpc) is 2.17. The van der Waals surface area contributed by atoms with Crippen molar-refractivity contribution in [2.45, 2.75) is 6.42 Å². The third kappa shape index (κ3) is 4.22. The maximum absolute atomic E-state index is 11.3. The van der Waals surface area contributed by atoms with Crippen LogP contribution in [0.3, 0.4) is 0 Å². The van der Waals surface area contributed by atoms with Gasteiger partial charge in [-0.05, 0) is 24.0 Å². The second kappa shape index (κ2) is 6.02. The molecule has 1 aromatic rings. The third-order valence-electron chi connectivity index (χ3n) is 1.75. The van der Waals surface area contributed by atoms with Crippen LogP contribution < -0.4 is 16.4 Å². The molecule has 0 aliphatic carbocycles. The number of thiol groups is 1. The Hall–Kier alpha value is -1.69. The molecule has 1 rings (SSSR count). The molecular formula is C10H13N3O2S. The lowest BCUT2D eigenvalue weighted by Crippen LogP contribution is -2.19. The molecule has 0 aliphatic heterocycles. The number of hydrogen-bond donors (Lipinski definition) is 4. The van der Waals surface area contributed by atoms with Crippen molar-refractivity contribution in [1.82, 2.24) is 0 Å². The summed E-state index contributed by atoms with van der Waals surface area (Å²) in [6.45, 7) is 0. The van der Waals surface area contributed by atoms with Gasteiger partial charge in [0.2, 0.25) is 5.91 Å². The lowest BCUT2D eigenvalue weighted by Gasteiger charge is -2.06. The molecule has 0 radical (unpaired) electrons. The number of benzene rings is 1. The van der Waals surface area contributed by atoms with Crippen LogP contribution in [0.2, 0.25) is 0 Å². The molecule has 0 bridgehead atoms. The summed E-state index contributed by atoms with van der Waals surface area (Å²) in [5.41, 5.74) is 6.12. The zero-order valence-corrected chi connectivity index (χ0v) is 9.46. The summed E-state index contributed by atoms with van der Waals surface area (Å²) in [5, 5.41) is 5.10. The van der Waals surface area contributed by atoms with Crippen LogP contribution in [0, 0.1) is 0 Å². The summed E-state index contributed by atoms with van der Waals surface area (Å²) in [4.78, 5) is 21.9. The van der Waals surface area contributed by atoms with Gasteiger partial charge in [0.1, 0.15) is 0 Å². The van der Waals surface area contributed by atoms with E-state index in [2.05, 4.69) is 23.3 Å². The van der Waals surface area contributed by atoms with E-state index in [0.29, 0.717) is 23.5 Å². The number of amides is 3. The SMILES string of the molecule is NC(=O)Nc1cccc(NC(=O)CCS)c1. The number of nitrogens with one attached hydrogen (secondary N) is 2. The normalized spacial score (nSPS) is 9.56. The Morgan fingerprint density at radius 2 is 1.88 bits per heavy atom. The number of carbonyl (C=O) groups excluding carboxylic acids is 2. The van der Waals surface area contributed by atoms with E-state index in [1.165, 1.54) is 0 Å². The van der Waals surface area contributed by atoms with E-state index in [1.54, 1.807) is 24.3 Å². The highest BCUT2D eigenvalue weighted by Gasteiger charge is 2.02. The highest BCUT2D eigenvalue weighted by atomic mass is 32.1. The van der Waals surface area contributed by atoms with Gasteiger partial charge in [-0.3, -0.25) is 4.79 Å². The fraction of sp³-hybridized carbons (Fsp3) is 0.200. The average molecular weight is 239 g/mol. The molecule has 86 valence electrons. The van der Waals surface area contributed by atoms with Gasteiger partial charge in [-0.15, -0.1) is 0 Å². The summed E-state index contributed by atoms with van der Waals surface area (Å²) >= 11 is 3.96. The van der Waals surface area contributed by atoms with E-state index < -0.39 is 6.03 Å². The van der Waals surface area contributed by atoms with Crippen LogP contribution in [0.15, 0.2) is 24.3 Å². The zero-order chi connectivity index (χ0) is 12.0. The third-order valence-corrected chi connectivity index (χ3v) is 1.98. The number of urea groups is 1. The molecule has 4 N–H and O–H groups in total. The van der Waals surface area contributed by atoms with Crippen LogP contribution in [-0.2, 0) is 4.79 Å². The van der Waals surface area contributed by atoms with E-state index in [0.717, 1.165) is 0 Å². The van der Waals surface area contributed by atoms with Gasteiger partial charge in [-0.1, -0.05) is 6.07 Å². The Bertz CT molecular complexity index is 395. The molecule has 0 saturated carbocycles. The van der Waals surface area contributed by atoms with Gasteiger partial charge in [0.05, 0.1) is 0 Å².